The van der Waals surface area contributed by atoms with Crippen molar-refractivity contribution in [1.29, 1.82) is 0 Å². The predicted octanol–water partition coefficient (Wildman–Crippen LogP) is 3.09. The smallest absolute Gasteiger partial charge is 0.306 e. The number of anilines is 1. The molecule has 1 N–H and O–H groups in total. The van der Waals surface area contributed by atoms with Crippen molar-refractivity contribution in [3.05, 3.63) is 34.1 Å². The molecular formula is C11H12BrFN2O3. The molecule has 98 valence electrons. The molecule has 1 rings (SSSR count). The van der Waals surface area contributed by atoms with E-state index >= 15 is 0 Å². The SMILES string of the molecule is CC(C)C(Br)C(=O)Nc1ccc(F)c([N+](=O)[O-])c1. The number of nitro groups is 1. The Balaban J connectivity index is 2.89. The molecule has 0 aliphatic rings. The average molecular weight is 319 g/mol. The number of carbonyl (C=O) groups excluding carboxylic acids is 1. The summed E-state index contributed by atoms with van der Waals surface area (Å²) in [6.45, 7) is 3.71. The minimum Gasteiger partial charge on any atom is -0.325 e. The molecule has 1 aromatic carbocycles. The molecule has 1 atom stereocenters. The van der Waals surface area contributed by atoms with Crippen LogP contribution in [0.5, 0.6) is 0 Å². The van der Waals surface area contributed by atoms with Crippen LogP contribution in [0.15, 0.2) is 18.2 Å². The molecule has 5 nitrogen and oxygen atoms in total. The molecule has 0 saturated carbocycles. The number of hydrogen-bond donors (Lipinski definition) is 1. The van der Waals surface area contributed by atoms with Crippen molar-refractivity contribution in [1.82, 2.24) is 0 Å². The number of benzene rings is 1. The number of rotatable bonds is 4. The lowest BCUT2D eigenvalue weighted by atomic mass is 10.1. The van der Waals surface area contributed by atoms with E-state index in [1.807, 2.05) is 13.8 Å². The third-order valence-electron chi connectivity index (χ3n) is 2.25. The Bertz CT molecular complexity index is 479. The van der Waals surface area contributed by atoms with E-state index in [0.29, 0.717) is 0 Å². The first-order valence-electron chi connectivity index (χ1n) is 5.21. The van der Waals surface area contributed by atoms with E-state index in [4.69, 9.17) is 0 Å². The number of nitro benzene ring substituents is 1. The molecule has 0 radical (unpaired) electrons. The first-order chi connectivity index (χ1) is 8.32. The summed E-state index contributed by atoms with van der Waals surface area (Å²) in [7, 11) is 0. The zero-order valence-electron chi connectivity index (χ0n) is 9.81. The Morgan fingerprint density at radius 1 is 1.50 bits per heavy atom. The molecule has 0 aromatic heterocycles. The van der Waals surface area contributed by atoms with E-state index in [1.54, 1.807) is 0 Å². The number of halogens is 2. The van der Waals surface area contributed by atoms with Crippen LogP contribution in [0, 0.1) is 21.8 Å². The monoisotopic (exact) mass is 318 g/mol. The quantitative estimate of drug-likeness (QED) is 0.526. The standard InChI is InChI=1S/C11H12BrFN2O3/c1-6(2)10(12)11(16)14-7-3-4-8(13)9(5-7)15(17)18/h3-6,10H,1-2H3,(H,14,16). The van der Waals surface area contributed by atoms with Gasteiger partial charge >= 0.3 is 5.69 Å². The zero-order valence-corrected chi connectivity index (χ0v) is 11.4. The van der Waals surface area contributed by atoms with Crippen LogP contribution in [0.3, 0.4) is 0 Å². The molecule has 7 heteroatoms. The second kappa shape index (κ2) is 5.90. The Labute approximate surface area is 112 Å². The fraction of sp³-hybridized carbons (Fsp3) is 0.364. The van der Waals surface area contributed by atoms with Gasteiger partial charge in [-0.25, -0.2) is 0 Å². The van der Waals surface area contributed by atoms with E-state index in [9.17, 15) is 19.3 Å². The van der Waals surface area contributed by atoms with Gasteiger partial charge in [0.25, 0.3) is 0 Å². The van der Waals surface area contributed by atoms with Crippen LogP contribution < -0.4 is 5.32 Å². The molecule has 0 aliphatic heterocycles. The third-order valence-corrected chi connectivity index (χ3v) is 3.72. The lowest BCUT2D eigenvalue weighted by molar-refractivity contribution is -0.387. The summed E-state index contributed by atoms with van der Waals surface area (Å²) >= 11 is 3.21. The maximum Gasteiger partial charge on any atom is 0.306 e. The number of hydrogen-bond acceptors (Lipinski definition) is 3. The van der Waals surface area contributed by atoms with E-state index in [1.165, 1.54) is 6.07 Å². The predicted molar refractivity (Wildman–Crippen MR) is 69.2 cm³/mol. The third kappa shape index (κ3) is 3.49. The summed E-state index contributed by atoms with van der Waals surface area (Å²) in [6.07, 6.45) is 0. The van der Waals surface area contributed by atoms with Crippen LogP contribution in [-0.2, 0) is 4.79 Å². The molecule has 0 heterocycles. The van der Waals surface area contributed by atoms with Crippen molar-refractivity contribution in [2.75, 3.05) is 5.32 Å². The van der Waals surface area contributed by atoms with Gasteiger partial charge in [0.05, 0.1) is 9.75 Å². The lowest BCUT2D eigenvalue weighted by Gasteiger charge is -2.13. The van der Waals surface area contributed by atoms with Gasteiger partial charge in [-0.05, 0) is 18.1 Å². The van der Waals surface area contributed by atoms with Gasteiger partial charge in [-0.1, -0.05) is 29.8 Å². The summed E-state index contributed by atoms with van der Waals surface area (Å²) in [5.74, 6) is -1.19. The second-order valence-corrected chi connectivity index (χ2v) is 5.04. The highest BCUT2D eigenvalue weighted by molar-refractivity contribution is 9.10. The highest BCUT2D eigenvalue weighted by Gasteiger charge is 2.20. The largest absolute Gasteiger partial charge is 0.325 e. The van der Waals surface area contributed by atoms with E-state index in [2.05, 4.69) is 21.2 Å². The molecule has 0 saturated heterocycles. The van der Waals surface area contributed by atoms with Crippen LogP contribution in [0.4, 0.5) is 15.8 Å². The van der Waals surface area contributed by atoms with Crippen LogP contribution in [0.1, 0.15) is 13.8 Å². The van der Waals surface area contributed by atoms with Crippen LogP contribution in [0.25, 0.3) is 0 Å². The Hall–Kier alpha value is -1.50. The van der Waals surface area contributed by atoms with Gasteiger partial charge in [-0.15, -0.1) is 0 Å². The maximum absolute atomic E-state index is 13.1. The van der Waals surface area contributed by atoms with Crippen molar-refractivity contribution in [3.8, 4) is 0 Å². The summed E-state index contributed by atoms with van der Waals surface area (Å²) in [4.78, 5) is 21.0. The van der Waals surface area contributed by atoms with E-state index in [-0.39, 0.29) is 17.5 Å². The summed E-state index contributed by atoms with van der Waals surface area (Å²) < 4.78 is 13.1. The van der Waals surface area contributed by atoms with Crippen molar-refractivity contribution in [2.24, 2.45) is 5.92 Å². The minimum absolute atomic E-state index is 0.0698. The number of nitrogens with zero attached hydrogens (tertiary/aromatic N) is 1. The molecular weight excluding hydrogens is 307 g/mol. The maximum atomic E-state index is 13.1. The molecule has 1 amide bonds. The van der Waals surface area contributed by atoms with Gasteiger partial charge in [-0.3, -0.25) is 14.9 Å². The summed E-state index contributed by atoms with van der Waals surface area (Å²) in [5.41, 5.74) is -0.471. The van der Waals surface area contributed by atoms with Crippen molar-refractivity contribution in [2.45, 2.75) is 18.7 Å². The van der Waals surface area contributed by atoms with Crippen LogP contribution in [0.2, 0.25) is 0 Å². The average Bonchev–Trinajstić information content (AvgIpc) is 2.29. The van der Waals surface area contributed by atoms with Crippen LogP contribution in [-0.4, -0.2) is 15.7 Å². The first kappa shape index (κ1) is 14.6. The van der Waals surface area contributed by atoms with E-state index < -0.39 is 21.3 Å². The molecule has 0 bridgehead atoms. The Kier molecular flexibility index (Phi) is 4.77. The zero-order chi connectivity index (χ0) is 13.9. The van der Waals surface area contributed by atoms with E-state index in [0.717, 1.165) is 12.1 Å². The van der Waals surface area contributed by atoms with Crippen molar-refractivity contribution in [3.63, 3.8) is 0 Å². The highest BCUT2D eigenvalue weighted by atomic mass is 79.9. The fourth-order valence-electron chi connectivity index (χ4n) is 1.24. The van der Waals surface area contributed by atoms with Gasteiger partial charge in [0, 0.05) is 11.8 Å². The van der Waals surface area contributed by atoms with Gasteiger partial charge in [0.1, 0.15) is 0 Å². The molecule has 1 aromatic rings. The molecule has 18 heavy (non-hydrogen) atoms. The molecule has 0 spiro atoms. The van der Waals surface area contributed by atoms with Gasteiger partial charge in [-0.2, -0.15) is 4.39 Å². The Morgan fingerprint density at radius 2 is 2.11 bits per heavy atom. The van der Waals surface area contributed by atoms with Crippen molar-refractivity contribution < 1.29 is 14.1 Å². The normalized spacial score (nSPS) is 12.3. The highest BCUT2D eigenvalue weighted by Crippen LogP contribution is 2.22. The topological polar surface area (TPSA) is 72.2 Å². The van der Waals surface area contributed by atoms with Gasteiger partial charge in [0.2, 0.25) is 11.7 Å². The van der Waals surface area contributed by atoms with Gasteiger partial charge in [0.15, 0.2) is 0 Å². The van der Waals surface area contributed by atoms with Crippen LogP contribution >= 0.6 is 15.9 Å². The number of nitrogens with one attached hydrogen (secondary N) is 1. The lowest BCUT2D eigenvalue weighted by Crippen LogP contribution is -2.27. The van der Waals surface area contributed by atoms with Gasteiger partial charge < -0.3 is 5.32 Å². The minimum atomic E-state index is -0.933. The molecule has 1 unspecified atom stereocenters. The first-order valence-corrected chi connectivity index (χ1v) is 6.13. The summed E-state index contributed by atoms with van der Waals surface area (Å²) in [6, 6.07) is 3.22. The molecule has 0 fully saturated rings. The number of amides is 1. The van der Waals surface area contributed by atoms with Crippen molar-refractivity contribution >= 4 is 33.2 Å². The fourth-order valence-corrected chi connectivity index (χ4v) is 1.36. The second-order valence-electron chi connectivity index (χ2n) is 4.06. The summed E-state index contributed by atoms with van der Waals surface area (Å²) in [5, 5.41) is 13.0. The molecule has 0 aliphatic carbocycles. The number of carbonyl (C=O) groups is 1. The number of alkyl halides is 1. The Morgan fingerprint density at radius 3 is 2.61 bits per heavy atom.